The number of nitrogens with zero attached hydrogens (tertiary/aromatic N) is 3. The zero-order valence-corrected chi connectivity index (χ0v) is 16.1. The molecule has 0 bridgehead atoms. The lowest BCUT2D eigenvalue weighted by Gasteiger charge is -2.32. The fourth-order valence-corrected chi connectivity index (χ4v) is 4.47. The molecule has 0 saturated heterocycles. The molecule has 5 nitrogen and oxygen atoms in total. The molecule has 0 spiro atoms. The van der Waals surface area contributed by atoms with Crippen molar-refractivity contribution in [1.82, 2.24) is 14.8 Å². The molecular formula is C20H24N4OS. The minimum absolute atomic E-state index is 0.178. The number of ketones is 1. The van der Waals surface area contributed by atoms with Crippen LogP contribution in [-0.4, -0.2) is 26.3 Å². The molecule has 1 atom stereocenters. The lowest BCUT2D eigenvalue weighted by molar-refractivity contribution is -0.116. The molecule has 1 aliphatic heterocycles. The van der Waals surface area contributed by atoms with Gasteiger partial charge in [0.2, 0.25) is 11.1 Å². The Morgan fingerprint density at radius 3 is 2.85 bits per heavy atom. The van der Waals surface area contributed by atoms with Gasteiger partial charge in [-0.2, -0.15) is 4.98 Å². The smallest absolute Gasteiger partial charge is 0.227 e. The van der Waals surface area contributed by atoms with Crippen molar-refractivity contribution in [2.24, 2.45) is 0 Å². The number of aromatic nitrogens is 3. The second-order valence-electron chi connectivity index (χ2n) is 6.97. The third-order valence-corrected chi connectivity index (χ3v) is 5.89. The Hall–Kier alpha value is -2.08. The van der Waals surface area contributed by atoms with E-state index < -0.39 is 0 Å². The quantitative estimate of drug-likeness (QED) is 0.622. The van der Waals surface area contributed by atoms with Crippen molar-refractivity contribution in [3.63, 3.8) is 0 Å². The second-order valence-corrected chi connectivity index (χ2v) is 8.03. The molecule has 1 N–H and O–H groups in total. The average Bonchev–Trinajstić information content (AvgIpc) is 3.04. The lowest BCUT2D eigenvalue weighted by atomic mass is 9.85. The van der Waals surface area contributed by atoms with Crippen molar-refractivity contribution in [2.45, 2.75) is 57.1 Å². The van der Waals surface area contributed by atoms with Crippen LogP contribution in [0.3, 0.4) is 0 Å². The number of hydrogen-bond acceptors (Lipinski definition) is 5. The molecule has 0 unspecified atom stereocenters. The maximum Gasteiger partial charge on any atom is 0.227 e. The van der Waals surface area contributed by atoms with Crippen molar-refractivity contribution in [1.29, 1.82) is 0 Å². The maximum atomic E-state index is 12.7. The van der Waals surface area contributed by atoms with E-state index in [1.165, 1.54) is 5.56 Å². The minimum atomic E-state index is -0.178. The fraction of sp³-hybridized carbons (Fsp3) is 0.450. The summed E-state index contributed by atoms with van der Waals surface area (Å²) >= 11 is 1.69. The molecule has 1 aliphatic carbocycles. The van der Waals surface area contributed by atoms with Crippen molar-refractivity contribution >= 4 is 23.5 Å². The van der Waals surface area contributed by atoms with Gasteiger partial charge in [0.15, 0.2) is 5.78 Å². The van der Waals surface area contributed by atoms with Crippen molar-refractivity contribution < 1.29 is 4.79 Å². The van der Waals surface area contributed by atoms with E-state index >= 15 is 0 Å². The van der Waals surface area contributed by atoms with E-state index in [0.717, 1.165) is 59.4 Å². The maximum absolute atomic E-state index is 12.7. The highest BCUT2D eigenvalue weighted by atomic mass is 32.2. The zero-order chi connectivity index (χ0) is 18.1. The monoisotopic (exact) mass is 368 g/mol. The van der Waals surface area contributed by atoms with Gasteiger partial charge in [0, 0.05) is 23.4 Å². The van der Waals surface area contributed by atoms with Crippen LogP contribution in [0.4, 0.5) is 5.95 Å². The Balaban J connectivity index is 1.76. The largest absolute Gasteiger partial charge is 0.328 e. The van der Waals surface area contributed by atoms with Gasteiger partial charge in [0.05, 0.1) is 0 Å². The summed E-state index contributed by atoms with van der Waals surface area (Å²) in [4.78, 5) is 17.4. The van der Waals surface area contributed by atoms with Gasteiger partial charge in [-0.1, -0.05) is 54.9 Å². The predicted octanol–water partition coefficient (Wildman–Crippen LogP) is 4.50. The first-order valence-electron chi connectivity index (χ1n) is 9.36. The molecule has 136 valence electrons. The molecule has 2 aliphatic rings. The Morgan fingerprint density at radius 2 is 2.08 bits per heavy atom. The van der Waals surface area contributed by atoms with Crippen LogP contribution in [0, 0.1) is 6.92 Å². The molecule has 0 amide bonds. The summed E-state index contributed by atoms with van der Waals surface area (Å²) in [6, 6.07) is 8.22. The van der Waals surface area contributed by atoms with Gasteiger partial charge in [0.25, 0.3) is 0 Å². The first-order chi connectivity index (χ1) is 12.7. The van der Waals surface area contributed by atoms with Gasteiger partial charge in [-0.15, -0.1) is 5.10 Å². The Kier molecular flexibility index (Phi) is 4.85. The highest BCUT2D eigenvalue weighted by molar-refractivity contribution is 7.99. The van der Waals surface area contributed by atoms with E-state index in [0.29, 0.717) is 6.42 Å². The number of anilines is 1. The second kappa shape index (κ2) is 7.27. The van der Waals surface area contributed by atoms with E-state index in [2.05, 4.69) is 43.4 Å². The van der Waals surface area contributed by atoms with Gasteiger partial charge in [-0.25, -0.2) is 4.68 Å². The SMILES string of the molecule is CCCCSc1nc2n(n1)[C@@H](c1ccc(C)cc1)C1=C(CCCC1=O)N2. The van der Waals surface area contributed by atoms with Crippen LogP contribution in [0.5, 0.6) is 0 Å². The molecular weight excluding hydrogens is 344 g/mol. The summed E-state index contributed by atoms with van der Waals surface area (Å²) in [6.07, 6.45) is 4.73. The van der Waals surface area contributed by atoms with Crippen molar-refractivity contribution in [3.05, 3.63) is 46.7 Å². The topological polar surface area (TPSA) is 59.8 Å². The normalized spacial score (nSPS) is 19.2. The molecule has 26 heavy (non-hydrogen) atoms. The zero-order valence-electron chi connectivity index (χ0n) is 15.3. The summed E-state index contributed by atoms with van der Waals surface area (Å²) in [5.41, 5.74) is 4.19. The number of thioether (sulfide) groups is 1. The Bertz CT molecular complexity index is 853. The highest BCUT2D eigenvalue weighted by Crippen LogP contribution is 2.40. The minimum Gasteiger partial charge on any atom is -0.328 e. The van der Waals surface area contributed by atoms with E-state index in [4.69, 9.17) is 10.1 Å². The van der Waals surface area contributed by atoms with E-state index in [9.17, 15) is 4.79 Å². The molecule has 4 rings (SSSR count). The van der Waals surface area contributed by atoms with E-state index in [1.54, 1.807) is 11.8 Å². The van der Waals surface area contributed by atoms with Crippen LogP contribution < -0.4 is 5.32 Å². The van der Waals surface area contributed by atoms with Gasteiger partial charge in [-0.3, -0.25) is 4.79 Å². The number of allylic oxidation sites excluding steroid dienone is 2. The Labute approximate surface area is 158 Å². The number of carbonyl (C=O) groups is 1. The van der Waals surface area contributed by atoms with Crippen LogP contribution in [0.2, 0.25) is 0 Å². The number of benzene rings is 1. The molecule has 0 saturated carbocycles. The number of hydrogen-bond donors (Lipinski definition) is 1. The van der Waals surface area contributed by atoms with Crippen LogP contribution in [0.1, 0.15) is 56.2 Å². The number of Topliss-reactive ketones (excluding diaryl/α,β-unsaturated/α-hetero) is 1. The Morgan fingerprint density at radius 1 is 1.27 bits per heavy atom. The summed E-state index contributed by atoms with van der Waals surface area (Å²) in [5.74, 6) is 2.00. The van der Waals surface area contributed by atoms with Gasteiger partial charge >= 0.3 is 0 Å². The molecule has 2 aromatic rings. The molecule has 0 fully saturated rings. The van der Waals surface area contributed by atoms with Crippen LogP contribution in [-0.2, 0) is 4.79 Å². The van der Waals surface area contributed by atoms with Crippen molar-refractivity contribution in [3.8, 4) is 0 Å². The van der Waals surface area contributed by atoms with E-state index in [-0.39, 0.29) is 11.8 Å². The van der Waals surface area contributed by atoms with Crippen LogP contribution >= 0.6 is 11.8 Å². The molecule has 0 radical (unpaired) electrons. The summed E-state index contributed by atoms with van der Waals surface area (Å²) in [7, 11) is 0. The number of rotatable bonds is 5. The molecule has 1 aromatic carbocycles. The number of unbranched alkanes of at least 4 members (excludes halogenated alkanes) is 1. The fourth-order valence-electron chi connectivity index (χ4n) is 3.56. The number of aryl methyl sites for hydroxylation is 1. The van der Waals surface area contributed by atoms with Gasteiger partial charge < -0.3 is 5.32 Å². The molecule has 1 aromatic heterocycles. The summed E-state index contributed by atoms with van der Waals surface area (Å²) < 4.78 is 1.90. The lowest BCUT2D eigenvalue weighted by Crippen LogP contribution is -2.31. The molecule has 2 heterocycles. The first kappa shape index (κ1) is 17.3. The first-order valence-corrected chi connectivity index (χ1v) is 10.3. The summed E-state index contributed by atoms with van der Waals surface area (Å²) in [5, 5.41) is 8.92. The number of nitrogens with one attached hydrogen (secondary N) is 1. The van der Waals surface area contributed by atoms with Crippen LogP contribution in [0.15, 0.2) is 40.7 Å². The van der Waals surface area contributed by atoms with Crippen molar-refractivity contribution in [2.75, 3.05) is 11.1 Å². The van der Waals surface area contributed by atoms with Crippen LogP contribution in [0.25, 0.3) is 0 Å². The summed E-state index contributed by atoms with van der Waals surface area (Å²) in [6.45, 7) is 4.26. The third kappa shape index (κ3) is 3.18. The number of carbonyl (C=O) groups excluding carboxylic acids is 1. The average molecular weight is 369 g/mol. The standard InChI is InChI=1S/C20H24N4OS/c1-3-4-12-26-20-22-19-21-15-6-5-7-16(25)17(15)18(24(19)23-20)14-10-8-13(2)9-11-14/h8-11,18H,3-7,12H2,1-2H3,(H,21,22,23)/t18-/m0/s1. The highest BCUT2D eigenvalue weighted by Gasteiger charge is 2.36. The molecule has 6 heteroatoms. The number of fused-ring (bicyclic) bond motifs is 1. The third-order valence-electron chi connectivity index (χ3n) is 4.97. The van der Waals surface area contributed by atoms with Gasteiger partial charge in [0.1, 0.15) is 6.04 Å². The van der Waals surface area contributed by atoms with Gasteiger partial charge in [-0.05, 0) is 31.7 Å². The van der Waals surface area contributed by atoms with E-state index in [1.807, 2.05) is 4.68 Å². The predicted molar refractivity (Wildman–Crippen MR) is 104 cm³/mol.